The highest BCUT2D eigenvalue weighted by Gasteiger charge is 2.31. The van der Waals surface area contributed by atoms with Crippen LogP contribution >= 0.6 is 11.3 Å². The number of rotatable bonds is 8. The Morgan fingerprint density at radius 2 is 1.69 bits per heavy atom. The van der Waals surface area contributed by atoms with Gasteiger partial charge in [-0.15, -0.1) is 11.3 Å². The van der Waals surface area contributed by atoms with E-state index in [4.69, 9.17) is 9.47 Å². The van der Waals surface area contributed by atoms with Gasteiger partial charge in [0.2, 0.25) is 0 Å². The van der Waals surface area contributed by atoms with E-state index in [1.807, 2.05) is 27.7 Å². The van der Waals surface area contributed by atoms with Crippen molar-refractivity contribution in [1.82, 2.24) is 4.98 Å². The van der Waals surface area contributed by atoms with E-state index in [1.54, 1.807) is 18.2 Å². The number of aryl methyl sites for hydroxylation is 2. The molecule has 3 rings (SSSR count). The largest absolute Gasteiger partial charge is 0.485 e. The van der Waals surface area contributed by atoms with E-state index >= 15 is 0 Å². The van der Waals surface area contributed by atoms with Crippen molar-refractivity contribution in [2.24, 2.45) is 5.92 Å². The molecule has 0 amide bonds. The molecule has 188 valence electrons. The minimum Gasteiger partial charge on any atom is -0.485 e. The van der Waals surface area contributed by atoms with Gasteiger partial charge in [0.05, 0.1) is 16.1 Å². The molecule has 1 aromatic heterocycles. The van der Waals surface area contributed by atoms with Crippen LogP contribution in [-0.2, 0) is 11.0 Å². The summed E-state index contributed by atoms with van der Waals surface area (Å²) in [4.78, 5) is 16.9. The maximum Gasteiger partial charge on any atom is 0.416 e. The van der Waals surface area contributed by atoms with Crippen LogP contribution in [0.25, 0.3) is 10.6 Å². The molecule has 1 unspecified atom stereocenters. The van der Waals surface area contributed by atoms with Crippen molar-refractivity contribution in [1.29, 1.82) is 0 Å². The molecule has 5 nitrogen and oxygen atoms in total. The third-order valence-corrected chi connectivity index (χ3v) is 6.71. The molecule has 0 saturated heterocycles. The summed E-state index contributed by atoms with van der Waals surface area (Å²) in [6.45, 7) is 10.7. The summed E-state index contributed by atoms with van der Waals surface area (Å²) in [5.41, 5.74) is 0.0161. The summed E-state index contributed by atoms with van der Waals surface area (Å²) in [6, 6.07) is 10.2. The van der Waals surface area contributed by atoms with Gasteiger partial charge in [-0.25, -0.2) is 9.78 Å². The molecule has 1 atom stereocenters. The number of thiazole rings is 1. The van der Waals surface area contributed by atoms with Gasteiger partial charge < -0.3 is 14.6 Å². The number of nitrogens with zero attached hydrogens (tertiary/aromatic N) is 1. The molecule has 0 spiro atoms. The second kappa shape index (κ2) is 9.89. The Bertz CT molecular complexity index is 1200. The molecule has 0 aliphatic carbocycles. The molecular formula is C26H28F3NO4S. The normalized spacial score (nSPS) is 13.1. The number of aliphatic carboxylic acids is 1. The van der Waals surface area contributed by atoms with Crippen LogP contribution in [0.4, 0.5) is 13.2 Å². The summed E-state index contributed by atoms with van der Waals surface area (Å²) >= 11 is 1.39. The van der Waals surface area contributed by atoms with Gasteiger partial charge in [-0.05, 0) is 69.5 Å². The maximum atomic E-state index is 12.9. The lowest BCUT2D eigenvalue weighted by molar-refractivity contribution is -0.152. The van der Waals surface area contributed by atoms with E-state index < -0.39 is 23.3 Å². The fraction of sp³-hybridized carbons (Fsp3) is 0.385. The maximum absolute atomic E-state index is 12.9. The summed E-state index contributed by atoms with van der Waals surface area (Å²) in [6.07, 6.45) is -4.72. The molecule has 0 radical (unpaired) electrons. The number of carboxylic acids is 1. The van der Waals surface area contributed by atoms with E-state index in [0.717, 1.165) is 28.3 Å². The van der Waals surface area contributed by atoms with Gasteiger partial charge in [-0.2, -0.15) is 13.2 Å². The number of alkyl halides is 3. The van der Waals surface area contributed by atoms with Gasteiger partial charge in [-0.3, -0.25) is 0 Å². The molecule has 0 bridgehead atoms. The zero-order valence-electron chi connectivity index (χ0n) is 20.4. The fourth-order valence-corrected chi connectivity index (χ4v) is 4.64. The van der Waals surface area contributed by atoms with Crippen LogP contribution in [0, 0.1) is 19.8 Å². The van der Waals surface area contributed by atoms with Crippen molar-refractivity contribution in [3.63, 3.8) is 0 Å². The minimum absolute atomic E-state index is 0.0804. The van der Waals surface area contributed by atoms with Crippen LogP contribution < -0.4 is 9.47 Å². The molecule has 1 heterocycles. The predicted molar refractivity (Wildman–Crippen MR) is 129 cm³/mol. The van der Waals surface area contributed by atoms with Crippen molar-refractivity contribution >= 4 is 17.3 Å². The van der Waals surface area contributed by atoms with Gasteiger partial charge in [-0.1, -0.05) is 26.0 Å². The highest BCUT2D eigenvalue weighted by Crippen LogP contribution is 2.39. The monoisotopic (exact) mass is 507 g/mol. The average molecular weight is 508 g/mol. The lowest BCUT2D eigenvalue weighted by Gasteiger charge is -2.25. The third kappa shape index (κ3) is 6.14. The van der Waals surface area contributed by atoms with Crippen molar-refractivity contribution in [2.45, 2.75) is 59.4 Å². The van der Waals surface area contributed by atoms with E-state index in [1.165, 1.54) is 37.3 Å². The first-order valence-corrected chi connectivity index (χ1v) is 11.9. The van der Waals surface area contributed by atoms with Gasteiger partial charge in [0, 0.05) is 5.56 Å². The van der Waals surface area contributed by atoms with Gasteiger partial charge >= 0.3 is 12.1 Å². The van der Waals surface area contributed by atoms with Crippen LogP contribution in [0.2, 0.25) is 0 Å². The van der Waals surface area contributed by atoms with Gasteiger partial charge in [0.1, 0.15) is 22.6 Å². The van der Waals surface area contributed by atoms with Crippen molar-refractivity contribution in [2.75, 3.05) is 0 Å². The summed E-state index contributed by atoms with van der Waals surface area (Å²) in [5.74, 6) is 0.0494. The van der Waals surface area contributed by atoms with Crippen LogP contribution in [0.5, 0.6) is 11.5 Å². The number of benzene rings is 2. The third-order valence-electron chi connectivity index (χ3n) is 5.45. The van der Waals surface area contributed by atoms with E-state index in [-0.39, 0.29) is 12.0 Å². The first-order valence-electron chi connectivity index (χ1n) is 11.0. The van der Waals surface area contributed by atoms with E-state index in [0.29, 0.717) is 22.1 Å². The van der Waals surface area contributed by atoms with Crippen LogP contribution in [-0.4, -0.2) is 21.7 Å². The molecule has 3 aromatic rings. The highest BCUT2D eigenvalue weighted by atomic mass is 32.1. The zero-order valence-corrected chi connectivity index (χ0v) is 21.2. The Balaban J connectivity index is 1.85. The first-order chi connectivity index (χ1) is 16.2. The number of aromatic nitrogens is 1. The number of hydrogen-bond acceptors (Lipinski definition) is 5. The SMILES string of the molecule is Cc1cc(OC(c2sc(-c3ccc(C(F)(F)F)cc3)nc2C)C(C)C)ccc1OC(C)(C)C(=O)O. The van der Waals surface area contributed by atoms with Crippen molar-refractivity contribution in [3.8, 4) is 22.1 Å². The molecule has 0 fully saturated rings. The number of hydrogen-bond donors (Lipinski definition) is 1. The average Bonchev–Trinajstić information content (AvgIpc) is 3.14. The van der Waals surface area contributed by atoms with Crippen molar-refractivity contribution < 1.29 is 32.5 Å². The first kappa shape index (κ1) is 26.5. The van der Waals surface area contributed by atoms with Crippen LogP contribution in [0.3, 0.4) is 0 Å². The molecular weight excluding hydrogens is 479 g/mol. The Hall–Kier alpha value is -3.07. The van der Waals surface area contributed by atoms with Gasteiger partial charge in [0.15, 0.2) is 5.60 Å². The molecule has 0 aliphatic rings. The molecule has 0 aliphatic heterocycles. The molecule has 9 heteroatoms. The number of carbonyl (C=O) groups is 1. The Morgan fingerprint density at radius 3 is 2.20 bits per heavy atom. The Labute approximate surface area is 206 Å². The van der Waals surface area contributed by atoms with Crippen LogP contribution in [0.1, 0.15) is 55.5 Å². The van der Waals surface area contributed by atoms with Gasteiger partial charge in [0.25, 0.3) is 0 Å². The minimum atomic E-state index is -4.39. The standard InChI is InChI=1S/C26H28F3NO4S/c1-14(2)21(33-19-11-12-20(15(3)13-19)34-25(5,6)24(31)32)22-16(4)30-23(35-22)17-7-9-18(10-8-17)26(27,28)29/h7-14,21H,1-6H3,(H,31,32). The second-order valence-electron chi connectivity index (χ2n) is 9.17. The molecule has 2 aromatic carbocycles. The second-order valence-corrected chi connectivity index (χ2v) is 10.2. The predicted octanol–water partition coefficient (Wildman–Crippen LogP) is 7.46. The topological polar surface area (TPSA) is 68.7 Å². The zero-order chi connectivity index (χ0) is 26.1. The van der Waals surface area contributed by atoms with E-state index in [9.17, 15) is 23.1 Å². The Kier molecular flexibility index (Phi) is 7.50. The fourth-order valence-electron chi connectivity index (χ4n) is 3.36. The summed E-state index contributed by atoms with van der Waals surface area (Å²) in [7, 11) is 0. The lowest BCUT2D eigenvalue weighted by atomic mass is 10.0. The number of carboxylic acid groups (broad SMARTS) is 1. The van der Waals surface area contributed by atoms with E-state index in [2.05, 4.69) is 4.98 Å². The number of halogens is 3. The quantitative estimate of drug-likeness (QED) is 0.343. The Morgan fingerprint density at radius 1 is 1.06 bits per heavy atom. The molecule has 0 saturated carbocycles. The summed E-state index contributed by atoms with van der Waals surface area (Å²) in [5, 5.41) is 9.93. The summed E-state index contributed by atoms with van der Waals surface area (Å²) < 4.78 is 50.7. The van der Waals surface area contributed by atoms with Crippen LogP contribution in [0.15, 0.2) is 42.5 Å². The number of ether oxygens (including phenoxy) is 2. The van der Waals surface area contributed by atoms with Crippen molar-refractivity contribution in [3.05, 3.63) is 64.2 Å². The lowest BCUT2D eigenvalue weighted by Crippen LogP contribution is -2.38. The molecule has 1 N–H and O–H groups in total. The smallest absolute Gasteiger partial charge is 0.416 e. The highest BCUT2D eigenvalue weighted by molar-refractivity contribution is 7.15. The molecule has 35 heavy (non-hydrogen) atoms.